The third-order valence-electron chi connectivity index (χ3n) is 7.86. The van der Waals surface area contributed by atoms with E-state index >= 15 is 0 Å². The largest absolute Gasteiger partial charge is 0.416 e. The fraction of sp³-hybridized carbons (Fsp3) is 0.552. The number of hydrogen-bond donors (Lipinski definition) is 4. The van der Waals surface area contributed by atoms with Crippen molar-refractivity contribution in [3.63, 3.8) is 0 Å². The molecule has 1 aromatic heterocycles. The van der Waals surface area contributed by atoms with E-state index in [-0.39, 0.29) is 29.8 Å². The smallest absolute Gasteiger partial charge is 0.373 e. The fourth-order valence-electron chi connectivity index (χ4n) is 5.24. The molecule has 1 heterocycles. The molecule has 0 bridgehead atoms. The topological polar surface area (TPSA) is 123 Å². The molecule has 2 saturated carbocycles. The van der Waals surface area contributed by atoms with Crippen molar-refractivity contribution in [1.82, 2.24) is 15.0 Å². The van der Waals surface area contributed by atoms with Crippen molar-refractivity contribution in [3.8, 4) is 0 Å². The lowest BCUT2D eigenvalue weighted by molar-refractivity contribution is -0.143. The molecular weight excluding hydrogens is 588 g/mol. The maximum Gasteiger partial charge on any atom is 0.416 e. The second kappa shape index (κ2) is 13.1. The van der Waals surface area contributed by atoms with Crippen LogP contribution in [-0.4, -0.2) is 53.9 Å². The Morgan fingerprint density at radius 1 is 0.977 bits per heavy atom. The van der Waals surface area contributed by atoms with Crippen LogP contribution in [0.3, 0.4) is 0 Å². The second-order valence-corrected chi connectivity index (χ2v) is 11.7. The van der Waals surface area contributed by atoms with E-state index in [2.05, 4.69) is 15.3 Å². The van der Waals surface area contributed by atoms with E-state index in [4.69, 9.17) is 22.0 Å². The second-order valence-electron chi connectivity index (χ2n) is 11.7. The van der Waals surface area contributed by atoms with Gasteiger partial charge in [0.05, 0.1) is 11.1 Å². The Balaban J connectivity index is 1.82. The lowest BCUT2D eigenvalue weighted by atomic mass is 9.85. The third-order valence-corrected chi connectivity index (χ3v) is 7.86. The quantitative estimate of drug-likeness (QED) is 0.0794. The van der Waals surface area contributed by atoms with E-state index in [1.54, 1.807) is 20.0 Å². The summed E-state index contributed by atoms with van der Waals surface area (Å²) >= 11 is 0. The van der Waals surface area contributed by atoms with Crippen LogP contribution in [0.4, 0.5) is 38.0 Å². The molecule has 15 heteroatoms. The maximum atomic E-state index is 13.6. The first kappa shape index (κ1) is 33.1. The molecule has 2 aliphatic carbocycles. The number of pyridine rings is 1. The fourth-order valence-corrected chi connectivity index (χ4v) is 5.24. The molecule has 0 atom stereocenters. The van der Waals surface area contributed by atoms with Gasteiger partial charge in [-0.25, -0.2) is 15.9 Å². The van der Waals surface area contributed by atoms with E-state index in [1.165, 1.54) is 11.9 Å². The highest BCUT2D eigenvalue weighted by Gasteiger charge is 2.37. The molecule has 44 heavy (non-hydrogen) atoms. The average molecular weight is 628 g/mol. The molecule has 6 N–H and O–H groups in total. The van der Waals surface area contributed by atoms with E-state index < -0.39 is 30.0 Å². The van der Waals surface area contributed by atoms with Crippen LogP contribution in [0.1, 0.15) is 66.8 Å². The van der Waals surface area contributed by atoms with E-state index in [0.717, 1.165) is 50.3 Å². The van der Waals surface area contributed by atoms with Crippen LogP contribution in [0.25, 0.3) is 0 Å². The number of aromatic nitrogens is 1. The first-order valence-electron chi connectivity index (χ1n) is 14.4. The minimum absolute atomic E-state index is 0.0702. The number of halogens is 6. The summed E-state index contributed by atoms with van der Waals surface area (Å²) < 4.78 is 81.8. The number of guanidine groups is 1. The summed E-state index contributed by atoms with van der Waals surface area (Å²) in [6.07, 6.45) is -4.46. The van der Waals surface area contributed by atoms with Crippen molar-refractivity contribution in [1.29, 1.82) is 5.41 Å². The number of hydrogen-bond acceptors (Lipinski definition) is 7. The first-order chi connectivity index (χ1) is 20.5. The van der Waals surface area contributed by atoms with Crippen molar-refractivity contribution in [3.05, 3.63) is 52.1 Å². The van der Waals surface area contributed by atoms with Crippen molar-refractivity contribution in [2.24, 2.45) is 28.5 Å². The summed E-state index contributed by atoms with van der Waals surface area (Å²) in [7, 11) is 3.09. The van der Waals surface area contributed by atoms with Crippen LogP contribution < -0.4 is 21.8 Å². The number of alkyl halides is 6. The molecule has 0 saturated heterocycles. The summed E-state index contributed by atoms with van der Waals surface area (Å²) in [6.45, 7) is 2.63. The molecule has 2 aliphatic rings. The highest BCUT2D eigenvalue weighted by molar-refractivity contribution is 6.01. The number of rotatable bonds is 12. The molecule has 2 fully saturated rings. The number of nitrogens with zero attached hydrogens (tertiary/aromatic N) is 5. The zero-order valence-corrected chi connectivity index (χ0v) is 25.0. The van der Waals surface area contributed by atoms with Gasteiger partial charge in [-0.15, -0.1) is 5.10 Å². The first-order valence-corrected chi connectivity index (χ1v) is 14.4. The Morgan fingerprint density at radius 3 is 1.98 bits per heavy atom. The Bertz CT molecular complexity index is 1330. The number of nitrogens with two attached hydrogens (primary N) is 2. The van der Waals surface area contributed by atoms with Crippen LogP contribution >= 0.6 is 0 Å². The Morgan fingerprint density at radius 2 is 1.55 bits per heavy atom. The van der Waals surface area contributed by atoms with Crippen molar-refractivity contribution < 1.29 is 26.3 Å². The highest BCUT2D eigenvalue weighted by Crippen LogP contribution is 2.38. The van der Waals surface area contributed by atoms with Crippen LogP contribution in [0.2, 0.25) is 0 Å². The molecule has 0 spiro atoms. The van der Waals surface area contributed by atoms with Gasteiger partial charge in [0, 0.05) is 57.1 Å². The molecule has 9 nitrogen and oxygen atoms in total. The van der Waals surface area contributed by atoms with Gasteiger partial charge in [-0.1, -0.05) is 6.42 Å². The van der Waals surface area contributed by atoms with Gasteiger partial charge < -0.3 is 26.3 Å². The molecule has 0 aliphatic heterocycles. The van der Waals surface area contributed by atoms with Gasteiger partial charge in [-0.05, 0) is 74.3 Å². The number of hydrazine groups is 1. The van der Waals surface area contributed by atoms with Gasteiger partial charge in [-0.3, -0.25) is 0 Å². The summed E-state index contributed by atoms with van der Waals surface area (Å²) in [5.41, 5.74) is 4.49. The minimum atomic E-state index is -5.00. The SMILES string of the molecule is CNc1nc(N(CC2CCC2)CC2CC2)c(CN(Cc2cc(C(F)(F)F)cc(C(F)(F)F)c2)/C(N)=N/N(C)N)cc1C(C)=N. The molecule has 4 rings (SSSR count). The lowest BCUT2D eigenvalue weighted by Gasteiger charge is -2.35. The van der Waals surface area contributed by atoms with Gasteiger partial charge in [0.25, 0.3) is 0 Å². The van der Waals surface area contributed by atoms with E-state index in [1.807, 2.05) is 0 Å². The van der Waals surface area contributed by atoms with E-state index in [0.29, 0.717) is 46.7 Å². The van der Waals surface area contributed by atoms with Gasteiger partial charge in [0.15, 0.2) is 0 Å². The Kier molecular flexibility index (Phi) is 9.86. The minimum Gasteiger partial charge on any atom is -0.373 e. The molecular formula is C29H39F6N9. The Hall–Kier alpha value is -3.75. The monoisotopic (exact) mass is 627 g/mol. The van der Waals surface area contributed by atoms with Crippen LogP contribution in [-0.2, 0) is 25.4 Å². The third kappa shape index (κ3) is 8.45. The molecule has 0 radical (unpaired) electrons. The summed E-state index contributed by atoms with van der Waals surface area (Å²) in [6, 6.07) is 3.21. The van der Waals surface area contributed by atoms with Crippen LogP contribution in [0.15, 0.2) is 29.4 Å². The summed E-state index contributed by atoms with van der Waals surface area (Å²) in [5.74, 6) is 7.58. The summed E-state index contributed by atoms with van der Waals surface area (Å²) in [5, 5.41) is 16.3. The van der Waals surface area contributed by atoms with Crippen LogP contribution in [0.5, 0.6) is 0 Å². The number of benzene rings is 1. The van der Waals surface area contributed by atoms with Crippen molar-refractivity contribution in [2.75, 3.05) is 37.4 Å². The van der Waals surface area contributed by atoms with Gasteiger partial charge >= 0.3 is 12.4 Å². The van der Waals surface area contributed by atoms with Gasteiger partial charge in [-0.2, -0.15) is 26.3 Å². The van der Waals surface area contributed by atoms with Crippen molar-refractivity contribution >= 4 is 23.3 Å². The van der Waals surface area contributed by atoms with Crippen molar-refractivity contribution in [2.45, 2.75) is 64.5 Å². The maximum absolute atomic E-state index is 13.6. The van der Waals surface area contributed by atoms with Crippen LogP contribution in [0, 0.1) is 17.2 Å². The normalized spacial score (nSPS) is 16.0. The number of nitrogens with one attached hydrogen (secondary N) is 2. The Labute approximate surface area is 252 Å². The van der Waals surface area contributed by atoms with Gasteiger partial charge in [0.2, 0.25) is 5.96 Å². The number of anilines is 2. The molecule has 1 aromatic carbocycles. The standard InChI is InChI=1S/C29H39F6N9/c1-17(36)24-11-21(26(40-25(24)39-2)43(14-19-7-8-19)13-18-5-4-6-18)16-44(27(37)41-42(3)38)15-20-9-22(28(30,31)32)12-23(10-20)29(33,34)35/h9-12,18-19,36H,4-8,13-16,38H2,1-3H3,(H2,37,41)(H,39,40). The highest BCUT2D eigenvalue weighted by atomic mass is 19.4. The predicted molar refractivity (Wildman–Crippen MR) is 158 cm³/mol. The lowest BCUT2D eigenvalue weighted by Crippen LogP contribution is -2.40. The molecule has 2 aromatic rings. The molecule has 242 valence electrons. The zero-order valence-electron chi connectivity index (χ0n) is 25.0. The van der Waals surface area contributed by atoms with Gasteiger partial charge in [0.1, 0.15) is 11.6 Å². The molecule has 0 amide bonds. The average Bonchev–Trinajstić information content (AvgIpc) is 3.72. The van der Waals surface area contributed by atoms with E-state index in [9.17, 15) is 26.3 Å². The summed E-state index contributed by atoms with van der Waals surface area (Å²) in [4.78, 5) is 8.49. The zero-order chi connectivity index (χ0) is 32.4. The predicted octanol–water partition coefficient (Wildman–Crippen LogP) is 5.60. The number of hydrazone groups is 1. The molecule has 0 unspecified atom stereocenters.